The molecule has 0 aliphatic rings. The van der Waals surface area contributed by atoms with Crippen LogP contribution in [0, 0.1) is 11.6 Å². The highest BCUT2D eigenvalue weighted by atomic mass is 19.1. The maximum Gasteiger partial charge on any atom is 0.316 e. The minimum absolute atomic E-state index is 0.237. The average Bonchev–Trinajstić information content (AvgIpc) is 2.16. The van der Waals surface area contributed by atoms with Gasteiger partial charge in [0.05, 0.1) is 6.61 Å². The molecule has 0 heterocycles. The van der Waals surface area contributed by atoms with Gasteiger partial charge in [0.15, 0.2) is 0 Å². The van der Waals surface area contributed by atoms with E-state index in [9.17, 15) is 13.6 Å². The number of hydrogen-bond acceptors (Lipinski definition) is 2. The molecule has 0 fully saturated rings. The second-order valence-corrected chi connectivity index (χ2v) is 3.42. The van der Waals surface area contributed by atoms with Crippen LogP contribution in [0.5, 0.6) is 0 Å². The molecule has 1 unspecified atom stereocenters. The maximum absolute atomic E-state index is 13.3. The van der Waals surface area contributed by atoms with Crippen molar-refractivity contribution in [2.75, 3.05) is 6.61 Å². The summed E-state index contributed by atoms with van der Waals surface area (Å²) in [7, 11) is 0. The van der Waals surface area contributed by atoms with Crippen LogP contribution in [0.15, 0.2) is 18.2 Å². The first-order valence-electron chi connectivity index (χ1n) is 4.21. The van der Waals surface area contributed by atoms with Gasteiger partial charge in [0, 0.05) is 11.6 Å². The number of aliphatic hydroxyl groups excluding tert-OH is 1. The Morgan fingerprint density at radius 2 is 2.07 bits per heavy atom. The maximum atomic E-state index is 13.3. The molecule has 0 amide bonds. The van der Waals surface area contributed by atoms with Crippen molar-refractivity contribution in [2.24, 2.45) is 0 Å². The molecule has 0 bridgehead atoms. The van der Waals surface area contributed by atoms with Gasteiger partial charge in [-0.3, -0.25) is 4.79 Å². The second kappa shape index (κ2) is 3.94. The van der Waals surface area contributed by atoms with Gasteiger partial charge in [0.2, 0.25) is 0 Å². The van der Waals surface area contributed by atoms with E-state index in [2.05, 4.69) is 0 Å². The summed E-state index contributed by atoms with van der Waals surface area (Å²) in [5.41, 5.74) is -1.99. The van der Waals surface area contributed by atoms with E-state index in [0.717, 1.165) is 12.1 Å². The van der Waals surface area contributed by atoms with Crippen molar-refractivity contribution in [3.63, 3.8) is 0 Å². The van der Waals surface area contributed by atoms with Gasteiger partial charge in [0.25, 0.3) is 0 Å². The van der Waals surface area contributed by atoms with Crippen molar-refractivity contribution in [1.82, 2.24) is 0 Å². The quantitative estimate of drug-likeness (QED) is 0.800. The van der Waals surface area contributed by atoms with Crippen LogP contribution in [0.1, 0.15) is 12.5 Å². The first-order chi connectivity index (χ1) is 6.91. The van der Waals surface area contributed by atoms with Gasteiger partial charge in [-0.1, -0.05) is 6.07 Å². The average molecular weight is 216 g/mol. The number of carboxylic acids is 1. The Labute approximate surface area is 85.0 Å². The fourth-order valence-corrected chi connectivity index (χ4v) is 1.20. The molecule has 0 radical (unpaired) electrons. The number of benzene rings is 1. The molecule has 0 aliphatic heterocycles. The standard InChI is InChI=1S/C10H10F2O3/c1-10(5-13,9(14)15)7-3-2-6(11)4-8(7)12/h2-4,13H,5H2,1H3,(H,14,15). The largest absolute Gasteiger partial charge is 0.481 e. The van der Waals surface area contributed by atoms with E-state index >= 15 is 0 Å². The van der Waals surface area contributed by atoms with Crippen LogP contribution in [0.3, 0.4) is 0 Å². The molecule has 1 aromatic carbocycles. The highest BCUT2D eigenvalue weighted by Gasteiger charge is 2.37. The number of halogens is 2. The summed E-state index contributed by atoms with van der Waals surface area (Å²) in [6.45, 7) is 0.413. The first kappa shape index (κ1) is 11.6. The summed E-state index contributed by atoms with van der Waals surface area (Å²) in [6.07, 6.45) is 0. The Balaban J connectivity index is 3.30. The monoisotopic (exact) mass is 216 g/mol. The van der Waals surface area contributed by atoms with Crippen molar-refractivity contribution >= 4 is 5.97 Å². The molecule has 0 aliphatic carbocycles. The zero-order chi connectivity index (χ0) is 11.6. The SMILES string of the molecule is CC(CO)(C(=O)O)c1ccc(F)cc1F. The summed E-state index contributed by atoms with van der Waals surface area (Å²) in [5, 5.41) is 17.8. The normalized spacial score (nSPS) is 14.7. The van der Waals surface area contributed by atoms with Crippen LogP contribution in [-0.4, -0.2) is 22.8 Å². The summed E-state index contributed by atoms with van der Waals surface area (Å²) in [6, 6.07) is 2.57. The van der Waals surface area contributed by atoms with Crippen molar-refractivity contribution in [3.8, 4) is 0 Å². The van der Waals surface area contributed by atoms with Crippen LogP contribution in [-0.2, 0) is 10.2 Å². The summed E-state index contributed by atoms with van der Waals surface area (Å²) < 4.78 is 25.9. The molecule has 1 atom stereocenters. The zero-order valence-corrected chi connectivity index (χ0v) is 8.00. The zero-order valence-electron chi connectivity index (χ0n) is 8.00. The van der Waals surface area contributed by atoms with Crippen LogP contribution in [0.2, 0.25) is 0 Å². The minimum Gasteiger partial charge on any atom is -0.481 e. The number of carbonyl (C=O) groups is 1. The van der Waals surface area contributed by atoms with Gasteiger partial charge in [-0.25, -0.2) is 8.78 Å². The van der Waals surface area contributed by atoms with E-state index in [0.29, 0.717) is 6.07 Å². The number of carboxylic acid groups (broad SMARTS) is 1. The fourth-order valence-electron chi connectivity index (χ4n) is 1.20. The van der Waals surface area contributed by atoms with E-state index < -0.39 is 29.6 Å². The third-order valence-electron chi connectivity index (χ3n) is 2.31. The third-order valence-corrected chi connectivity index (χ3v) is 2.31. The lowest BCUT2D eigenvalue weighted by molar-refractivity contribution is -0.144. The van der Waals surface area contributed by atoms with Gasteiger partial charge in [-0.15, -0.1) is 0 Å². The van der Waals surface area contributed by atoms with Gasteiger partial charge >= 0.3 is 5.97 Å². The molecular weight excluding hydrogens is 206 g/mol. The lowest BCUT2D eigenvalue weighted by Gasteiger charge is -2.22. The molecular formula is C10H10F2O3. The lowest BCUT2D eigenvalue weighted by atomic mass is 9.83. The minimum atomic E-state index is -1.75. The van der Waals surface area contributed by atoms with E-state index in [1.165, 1.54) is 6.92 Å². The van der Waals surface area contributed by atoms with Crippen molar-refractivity contribution < 1.29 is 23.8 Å². The van der Waals surface area contributed by atoms with Gasteiger partial charge in [-0.2, -0.15) is 0 Å². The number of aliphatic hydroxyl groups is 1. The Hall–Kier alpha value is -1.49. The summed E-state index contributed by atoms with van der Waals surface area (Å²) in [4.78, 5) is 10.9. The molecule has 0 saturated heterocycles. The summed E-state index contributed by atoms with van der Waals surface area (Å²) in [5.74, 6) is -3.13. The summed E-state index contributed by atoms with van der Waals surface area (Å²) >= 11 is 0. The van der Waals surface area contributed by atoms with E-state index in [-0.39, 0.29) is 5.56 Å². The van der Waals surface area contributed by atoms with Gasteiger partial charge < -0.3 is 10.2 Å². The Morgan fingerprint density at radius 1 is 1.47 bits per heavy atom. The van der Waals surface area contributed by atoms with Gasteiger partial charge in [-0.05, 0) is 13.0 Å². The fraction of sp³-hybridized carbons (Fsp3) is 0.300. The smallest absolute Gasteiger partial charge is 0.316 e. The first-order valence-corrected chi connectivity index (χ1v) is 4.21. The van der Waals surface area contributed by atoms with E-state index in [1.807, 2.05) is 0 Å². The number of rotatable bonds is 3. The van der Waals surface area contributed by atoms with Crippen LogP contribution < -0.4 is 0 Å². The Bertz CT molecular complexity index is 392. The molecule has 5 heteroatoms. The van der Waals surface area contributed by atoms with Crippen LogP contribution >= 0.6 is 0 Å². The molecule has 0 spiro atoms. The molecule has 82 valence electrons. The second-order valence-electron chi connectivity index (χ2n) is 3.42. The molecule has 2 N–H and O–H groups in total. The predicted molar refractivity (Wildman–Crippen MR) is 48.4 cm³/mol. The third kappa shape index (κ3) is 1.97. The molecule has 1 aromatic rings. The Kier molecular flexibility index (Phi) is 3.04. The molecule has 3 nitrogen and oxygen atoms in total. The van der Waals surface area contributed by atoms with Gasteiger partial charge in [0.1, 0.15) is 17.0 Å². The highest BCUT2D eigenvalue weighted by molar-refractivity contribution is 5.81. The molecule has 15 heavy (non-hydrogen) atoms. The van der Waals surface area contributed by atoms with Crippen LogP contribution in [0.4, 0.5) is 8.78 Å². The predicted octanol–water partition coefficient (Wildman–Crippen LogP) is 1.30. The number of hydrogen-bond donors (Lipinski definition) is 2. The highest BCUT2D eigenvalue weighted by Crippen LogP contribution is 2.26. The topological polar surface area (TPSA) is 57.5 Å². The molecule has 1 rings (SSSR count). The molecule has 0 saturated carbocycles. The van der Waals surface area contributed by atoms with Crippen molar-refractivity contribution in [1.29, 1.82) is 0 Å². The van der Waals surface area contributed by atoms with Crippen molar-refractivity contribution in [2.45, 2.75) is 12.3 Å². The lowest BCUT2D eigenvalue weighted by Crippen LogP contribution is -2.37. The van der Waals surface area contributed by atoms with E-state index in [4.69, 9.17) is 10.2 Å². The molecule has 0 aromatic heterocycles. The Morgan fingerprint density at radius 3 is 2.47 bits per heavy atom. The number of aliphatic carboxylic acids is 1. The van der Waals surface area contributed by atoms with Crippen LogP contribution in [0.25, 0.3) is 0 Å². The van der Waals surface area contributed by atoms with Crippen molar-refractivity contribution in [3.05, 3.63) is 35.4 Å². The van der Waals surface area contributed by atoms with E-state index in [1.54, 1.807) is 0 Å².